The summed E-state index contributed by atoms with van der Waals surface area (Å²) in [5.74, 6) is -0.134. The minimum atomic E-state index is -0.284. The first-order chi connectivity index (χ1) is 14.6. The van der Waals surface area contributed by atoms with Crippen molar-refractivity contribution in [2.75, 3.05) is 0 Å². The first-order valence-corrected chi connectivity index (χ1v) is 11.0. The fraction of sp³-hybridized carbons (Fsp3) is 0.357. The van der Waals surface area contributed by atoms with Crippen molar-refractivity contribution in [2.45, 2.75) is 65.7 Å². The van der Waals surface area contributed by atoms with E-state index in [0.29, 0.717) is 12.8 Å². The lowest BCUT2D eigenvalue weighted by atomic mass is 9.77. The highest BCUT2D eigenvalue weighted by molar-refractivity contribution is 6.02. The van der Waals surface area contributed by atoms with E-state index in [4.69, 9.17) is 0 Å². The molecule has 1 aliphatic carbocycles. The Hall–Kier alpha value is -2.92. The molecule has 2 aromatic rings. The monoisotopic (exact) mass is 401 g/mol. The Labute approximate surface area is 183 Å². The van der Waals surface area contributed by atoms with Crippen molar-refractivity contribution < 1.29 is 4.79 Å². The van der Waals surface area contributed by atoms with Gasteiger partial charge in [0.05, 0.1) is 12.0 Å². The second kappa shape index (κ2) is 13.3. The van der Waals surface area contributed by atoms with Crippen molar-refractivity contribution in [3.63, 3.8) is 0 Å². The third kappa shape index (κ3) is 6.29. The summed E-state index contributed by atoms with van der Waals surface area (Å²) in [5, 5.41) is 9.93. The summed E-state index contributed by atoms with van der Waals surface area (Å²) in [7, 11) is 0. The van der Waals surface area contributed by atoms with Gasteiger partial charge < -0.3 is 0 Å². The lowest BCUT2D eigenvalue weighted by molar-refractivity contribution is -0.114. The molecule has 2 unspecified atom stereocenters. The molecule has 0 saturated carbocycles. The first-order valence-electron chi connectivity index (χ1n) is 11.0. The van der Waals surface area contributed by atoms with Crippen LogP contribution in [-0.2, 0) is 4.79 Å². The quantitative estimate of drug-likeness (QED) is 0.496. The second-order valence-electron chi connectivity index (χ2n) is 6.92. The fourth-order valence-corrected chi connectivity index (χ4v) is 3.84. The number of allylic oxidation sites excluding steroid dienone is 3. The summed E-state index contributed by atoms with van der Waals surface area (Å²) in [4.78, 5) is 12.3. The number of carbonyl (C=O) groups is 1. The zero-order valence-corrected chi connectivity index (χ0v) is 19.1. The van der Waals surface area contributed by atoms with Gasteiger partial charge in [-0.2, -0.15) is 5.26 Å². The molecule has 0 heterocycles. The molecule has 158 valence electrons. The standard InChI is InChI=1S/C24H23NO.2C2H6/c1-17-13-14-23(26)24(17)18(2)15-21(19-9-5-3-6-10-19)22(16-25)20-11-7-4-8-12-20;2*1-2/h3-12,21-22H,2,13-15H2,1H3;2*1-2H3. The Morgan fingerprint density at radius 1 is 0.933 bits per heavy atom. The van der Waals surface area contributed by atoms with Gasteiger partial charge in [0.25, 0.3) is 0 Å². The largest absolute Gasteiger partial charge is 0.294 e. The van der Waals surface area contributed by atoms with Crippen LogP contribution in [0.15, 0.2) is 84.0 Å². The van der Waals surface area contributed by atoms with Crippen molar-refractivity contribution in [1.29, 1.82) is 5.26 Å². The van der Waals surface area contributed by atoms with Crippen LogP contribution in [-0.4, -0.2) is 5.78 Å². The van der Waals surface area contributed by atoms with Crippen LogP contribution < -0.4 is 0 Å². The van der Waals surface area contributed by atoms with Gasteiger partial charge in [0.15, 0.2) is 5.78 Å². The van der Waals surface area contributed by atoms with Crippen LogP contribution in [0.4, 0.5) is 0 Å². The van der Waals surface area contributed by atoms with E-state index in [1.807, 2.05) is 83.1 Å². The maximum absolute atomic E-state index is 12.3. The van der Waals surface area contributed by atoms with E-state index in [2.05, 4.69) is 24.8 Å². The minimum absolute atomic E-state index is 0.0372. The van der Waals surface area contributed by atoms with Gasteiger partial charge in [0.2, 0.25) is 0 Å². The molecule has 0 N–H and O–H groups in total. The zero-order chi connectivity index (χ0) is 22.5. The number of carbonyl (C=O) groups excluding carboxylic acids is 1. The zero-order valence-electron chi connectivity index (χ0n) is 19.1. The van der Waals surface area contributed by atoms with Gasteiger partial charge in [-0.25, -0.2) is 0 Å². The van der Waals surface area contributed by atoms with Crippen molar-refractivity contribution in [1.82, 2.24) is 0 Å². The minimum Gasteiger partial charge on any atom is -0.294 e. The topological polar surface area (TPSA) is 40.9 Å². The lowest BCUT2D eigenvalue weighted by Gasteiger charge is -2.24. The maximum atomic E-state index is 12.3. The molecule has 2 atom stereocenters. The maximum Gasteiger partial charge on any atom is 0.163 e. The van der Waals surface area contributed by atoms with E-state index in [0.717, 1.165) is 34.3 Å². The van der Waals surface area contributed by atoms with Crippen LogP contribution in [0.5, 0.6) is 0 Å². The molecule has 0 fully saturated rings. The Morgan fingerprint density at radius 2 is 1.43 bits per heavy atom. The van der Waals surface area contributed by atoms with Gasteiger partial charge in [-0.3, -0.25) is 4.79 Å². The van der Waals surface area contributed by atoms with Gasteiger partial charge in [-0.1, -0.05) is 101 Å². The molecule has 0 saturated heterocycles. The molecule has 0 radical (unpaired) electrons. The Bertz CT molecular complexity index is 872. The van der Waals surface area contributed by atoms with Crippen LogP contribution in [0.3, 0.4) is 0 Å². The van der Waals surface area contributed by atoms with E-state index in [1.165, 1.54) is 0 Å². The molecular formula is C28H35NO. The van der Waals surface area contributed by atoms with Gasteiger partial charge in [0, 0.05) is 17.9 Å². The molecule has 0 bridgehead atoms. The van der Waals surface area contributed by atoms with Crippen LogP contribution in [0, 0.1) is 11.3 Å². The van der Waals surface area contributed by atoms with Crippen molar-refractivity contribution in [3.8, 4) is 6.07 Å². The third-order valence-corrected chi connectivity index (χ3v) is 5.18. The van der Waals surface area contributed by atoms with Crippen LogP contribution in [0.1, 0.15) is 76.8 Å². The Balaban J connectivity index is 0.00000106. The molecule has 1 aliphatic rings. The van der Waals surface area contributed by atoms with Crippen LogP contribution in [0.25, 0.3) is 0 Å². The molecule has 3 rings (SSSR count). The highest BCUT2D eigenvalue weighted by atomic mass is 16.1. The van der Waals surface area contributed by atoms with Crippen LogP contribution >= 0.6 is 0 Å². The number of rotatable bonds is 6. The number of Topliss-reactive ketones (excluding diaryl/α,β-unsaturated/α-hetero) is 1. The number of hydrogen-bond donors (Lipinski definition) is 0. The van der Waals surface area contributed by atoms with Gasteiger partial charge in [-0.15, -0.1) is 0 Å². The van der Waals surface area contributed by atoms with Gasteiger partial charge in [-0.05, 0) is 36.5 Å². The van der Waals surface area contributed by atoms with Crippen LogP contribution in [0.2, 0.25) is 0 Å². The predicted molar refractivity (Wildman–Crippen MR) is 127 cm³/mol. The highest BCUT2D eigenvalue weighted by Gasteiger charge is 2.29. The molecular weight excluding hydrogens is 366 g/mol. The fourth-order valence-electron chi connectivity index (χ4n) is 3.84. The SMILES string of the molecule is C=C(CC(c1ccccc1)C(C#N)c1ccccc1)C1=C(C)CCC1=O.CC.CC. The smallest absolute Gasteiger partial charge is 0.163 e. The lowest BCUT2D eigenvalue weighted by Crippen LogP contribution is -2.13. The molecule has 0 aromatic heterocycles. The summed E-state index contributed by atoms with van der Waals surface area (Å²) in [6, 6.07) is 22.5. The van der Waals surface area contributed by atoms with Gasteiger partial charge in [0.1, 0.15) is 0 Å². The average molecular weight is 402 g/mol. The summed E-state index contributed by atoms with van der Waals surface area (Å²) >= 11 is 0. The summed E-state index contributed by atoms with van der Waals surface area (Å²) in [6.07, 6.45) is 2.01. The molecule has 0 amide bonds. The van der Waals surface area contributed by atoms with E-state index >= 15 is 0 Å². The van der Waals surface area contributed by atoms with Gasteiger partial charge >= 0.3 is 0 Å². The predicted octanol–water partition coefficient (Wildman–Crippen LogP) is 7.76. The number of hydrogen-bond acceptors (Lipinski definition) is 2. The van der Waals surface area contributed by atoms with E-state index < -0.39 is 0 Å². The molecule has 2 heteroatoms. The van der Waals surface area contributed by atoms with E-state index in [1.54, 1.807) is 0 Å². The number of nitrogens with zero attached hydrogens (tertiary/aromatic N) is 1. The van der Waals surface area contributed by atoms with E-state index in [-0.39, 0.29) is 17.6 Å². The second-order valence-corrected chi connectivity index (χ2v) is 6.92. The summed E-state index contributed by atoms with van der Waals surface area (Å²) in [5.41, 5.74) is 4.89. The van der Waals surface area contributed by atoms with Crippen molar-refractivity contribution in [2.24, 2.45) is 0 Å². The highest BCUT2D eigenvalue weighted by Crippen LogP contribution is 2.40. The first kappa shape index (κ1) is 25.1. The summed E-state index contributed by atoms with van der Waals surface area (Å²) < 4.78 is 0. The Morgan fingerprint density at radius 3 is 1.87 bits per heavy atom. The van der Waals surface area contributed by atoms with E-state index in [9.17, 15) is 10.1 Å². The van der Waals surface area contributed by atoms with Crippen molar-refractivity contribution >= 4 is 5.78 Å². The normalized spacial score (nSPS) is 14.5. The number of benzene rings is 2. The average Bonchev–Trinajstić information content (AvgIpc) is 3.15. The molecule has 2 aromatic carbocycles. The third-order valence-electron chi connectivity index (χ3n) is 5.18. The molecule has 0 aliphatic heterocycles. The van der Waals surface area contributed by atoms with Crippen molar-refractivity contribution in [3.05, 3.63) is 95.1 Å². The molecule has 0 spiro atoms. The number of nitriles is 1. The Kier molecular flexibility index (Phi) is 11.2. The molecule has 2 nitrogen and oxygen atoms in total. The number of ketones is 1. The molecule has 30 heavy (non-hydrogen) atoms. The summed E-state index contributed by atoms with van der Waals surface area (Å²) in [6.45, 7) is 14.2.